The van der Waals surface area contributed by atoms with Gasteiger partial charge in [0.2, 0.25) is 0 Å². The minimum atomic E-state index is -2.87. The van der Waals surface area contributed by atoms with Crippen LogP contribution in [0, 0.1) is 0 Å². The predicted octanol–water partition coefficient (Wildman–Crippen LogP) is 9.43. The van der Waals surface area contributed by atoms with Crippen LogP contribution in [0.2, 0.25) is 13.3 Å². The first-order valence-corrected chi connectivity index (χ1v) is 22.7. The zero-order valence-corrected chi connectivity index (χ0v) is 25.8. The Morgan fingerprint density at radius 2 is 1.06 bits per heavy atom. The van der Waals surface area contributed by atoms with E-state index in [-0.39, 0.29) is 3.17 Å². The predicted molar refractivity (Wildman–Crippen MR) is 161 cm³/mol. The number of benzene rings is 3. The molecule has 0 spiro atoms. The molecule has 184 valence electrons. The second kappa shape index (κ2) is 12.7. The zero-order chi connectivity index (χ0) is 24.6. The Hall–Kier alpha value is -1.37. The number of hydrogen-bond donors (Lipinski definition) is 0. The molecule has 1 atom stereocenters. The maximum atomic E-state index is 2.78. The molecule has 0 saturated heterocycles. The summed E-state index contributed by atoms with van der Waals surface area (Å²) in [6.45, 7) is 7.20. The van der Waals surface area contributed by atoms with Gasteiger partial charge < -0.3 is 0 Å². The molecule has 0 aromatic heterocycles. The van der Waals surface area contributed by atoms with E-state index in [2.05, 4.69) is 118 Å². The molecule has 0 aliphatic heterocycles. The van der Waals surface area contributed by atoms with Gasteiger partial charge in [-0.05, 0) is 0 Å². The van der Waals surface area contributed by atoms with Gasteiger partial charge in [0.15, 0.2) is 0 Å². The van der Waals surface area contributed by atoms with E-state index in [1.807, 2.05) is 0 Å². The Bertz CT molecular complexity index is 1010. The average Bonchev–Trinajstić information content (AvgIpc) is 3.30. The zero-order valence-electron chi connectivity index (χ0n) is 22.0. The van der Waals surface area contributed by atoms with E-state index >= 15 is 0 Å². The summed E-state index contributed by atoms with van der Waals surface area (Å²) in [6, 6.07) is 32.7. The van der Waals surface area contributed by atoms with Crippen molar-refractivity contribution in [3.8, 4) is 0 Å². The van der Waals surface area contributed by atoms with Gasteiger partial charge in [-0.25, -0.2) is 0 Å². The Morgan fingerprint density at radius 1 is 0.600 bits per heavy atom. The van der Waals surface area contributed by atoms with Crippen molar-refractivity contribution in [2.75, 3.05) is 0 Å². The molecular weight excluding hydrogens is 546 g/mol. The van der Waals surface area contributed by atoms with Gasteiger partial charge in [-0.1, -0.05) is 0 Å². The van der Waals surface area contributed by atoms with Gasteiger partial charge in [0.25, 0.3) is 0 Å². The van der Waals surface area contributed by atoms with Gasteiger partial charge in [0.1, 0.15) is 0 Å². The molecule has 0 saturated carbocycles. The molecule has 3 aromatic carbocycles. The molecule has 3 aromatic rings. The fourth-order valence-electron chi connectivity index (χ4n) is 6.39. The van der Waals surface area contributed by atoms with E-state index in [9.17, 15) is 0 Å². The van der Waals surface area contributed by atoms with Crippen molar-refractivity contribution >= 4 is 43.0 Å². The Balaban J connectivity index is 2.06. The molecule has 0 N–H and O–H groups in total. The number of hydrogen-bond acceptors (Lipinski definition) is 0. The van der Waals surface area contributed by atoms with Crippen molar-refractivity contribution in [2.24, 2.45) is 0 Å². The van der Waals surface area contributed by atoms with E-state index in [4.69, 9.17) is 0 Å². The van der Waals surface area contributed by atoms with Crippen molar-refractivity contribution in [3.05, 3.63) is 102 Å². The quantitative estimate of drug-likeness (QED) is 0.138. The molecular formula is C33H43PSn. The first-order valence-electron chi connectivity index (χ1n) is 13.9. The van der Waals surface area contributed by atoms with Crippen molar-refractivity contribution in [1.82, 2.24) is 0 Å². The molecule has 0 bridgehead atoms. The fourth-order valence-corrected chi connectivity index (χ4v) is 35.9. The van der Waals surface area contributed by atoms with Gasteiger partial charge in [-0.3, -0.25) is 0 Å². The van der Waals surface area contributed by atoms with Crippen molar-refractivity contribution in [1.29, 1.82) is 0 Å². The summed E-state index contributed by atoms with van der Waals surface area (Å²) < 4.78 is 4.76. The van der Waals surface area contributed by atoms with Crippen LogP contribution in [0.5, 0.6) is 0 Å². The van der Waals surface area contributed by atoms with Crippen LogP contribution >= 0.6 is 7.92 Å². The summed E-state index contributed by atoms with van der Waals surface area (Å²) in [6.07, 6.45) is 13.4. The Kier molecular flexibility index (Phi) is 9.71. The monoisotopic (exact) mass is 590 g/mol. The minimum absolute atomic E-state index is 0.211. The van der Waals surface area contributed by atoms with Crippen molar-refractivity contribution in [3.63, 3.8) is 0 Å². The van der Waals surface area contributed by atoms with Crippen LogP contribution in [0.1, 0.15) is 70.4 Å². The third-order valence-electron chi connectivity index (χ3n) is 8.09. The van der Waals surface area contributed by atoms with E-state index in [1.54, 1.807) is 16.2 Å². The summed E-state index contributed by atoms with van der Waals surface area (Å²) in [5.74, 6) is 0. The standard InChI is InChI=1S/C21H16P.3C4H9.Sn/c1-3-10-18(11-4-1)22(19-12-5-2-6-13-19)21-16-15-17-9-7-8-14-20(17)21;3*1-3-4-2;/h1-16H;3*1,3-4H2,2H3;. The summed E-state index contributed by atoms with van der Waals surface area (Å²) in [5.41, 5.74) is 3.15. The van der Waals surface area contributed by atoms with Gasteiger partial charge in [0.05, 0.1) is 0 Å². The number of allylic oxidation sites excluding steroid dienone is 1. The van der Waals surface area contributed by atoms with E-state index in [0.717, 1.165) is 0 Å². The van der Waals surface area contributed by atoms with Crippen LogP contribution < -0.4 is 10.6 Å². The van der Waals surface area contributed by atoms with Crippen molar-refractivity contribution < 1.29 is 0 Å². The summed E-state index contributed by atoms with van der Waals surface area (Å²) in [7, 11) is -0.554. The Labute approximate surface area is 219 Å². The molecule has 1 aliphatic rings. The molecule has 0 fully saturated rings. The van der Waals surface area contributed by atoms with Gasteiger partial charge >= 0.3 is 221 Å². The first kappa shape index (κ1) is 26.7. The average molecular weight is 589 g/mol. The molecule has 0 amide bonds. The number of rotatable bonds is 13. The van der Waals surface area contributed by atoms with Gasteiger partial charge in [0, 0.05) is 0 Å². The molecule has 1 aliphatic carbocycles. The van der Waals surface area contributed by atoms with Crippen molar-refractivity contribution in [2.45, 2.75) is 75.8 Å². The van der Waals surface area contributed by atoms with Crippen LogP contribution in [0.25, 0.3) is 6.08 Å². The first-order chi connectivity index (χ1) is 17.2. The summed E-state index contributed by atoms with van der Waals surface area (Å²) in [4.78, 5) is 0. The molecule has 1 unspecified atom stereocenters. The molecule has 35 heavy (non-hydrogen) atoms. The normalized spacial score (nSPS) is 17.1. The van der Waals surface area contributed by atoms with Crippen LogP contribution in [0.15, 0.2) is 91.0 Å². The van der Waals surface area contributed by atoms with E-state index in [1.165, 1.54) is 57.4 Å². The molecule has 4 rings (SSSR count). The van der Waals surface area contributed by atoms with Crippen LogP contribution in [0.4, 0.5) is 0 Å². The van der Waals surface area contributed by atoms with Crippen LogP contribution in [-0.2, 0) is 3.17 Å². The van der Waals surface area contributed by atoms with Gasteiger partial charge in [-0.15, -0.1) is 0 Å². The molecule has 0 heterocycles. The molecule has 2 heteroatoms. The topological polar surface area (TPSA) is 0 Å². The second-order valence-electron chi connectivity index (χ2n) is 10.3. The van der Waals surface area contributed by atoms with Crippen LogP contribution in [-0.4, -0.2) is 18.4 Å². The third-order valence-corrected chi connectivity index (χ3v) is 33.0. The molecule has 0 radical (unpaired) electrons. The summed E-state index contributed by atoms with van der Waals surface area (Å²) in [5, 5.41) is 3.11. The fraction of sp³-hybridized carbons (Fsp3) is 0.394. The maximum absolute atomic E-state index is 2.87. The number of fused-ring (bicyclic) bond motifs is 1. The van der Waals surface area contributed by atoms with E-state index < -0.39 is 26.3 Å². The SMILES string of the molecule is CCC[CH2][Sn]([CH2]CCC)([CH2]CCC)[C]1(P(c2ccccc2)c2ccccc2)C=Cc2ccccc21. The number of unbranched alkanes of at least 4 members (excludes halogenated alkanes) is 3. The van der Waals surface area contributed by atoms with E-state index in [0.29, 0.717) is 0 Å². The molecule has 0 nitrogen and oxygen atoms in total. The van der Waals surface area contributed by atoms with Gasteiger partial charge in [-0.2, -0.15) is 0 Å². The van der Waals surface area contributed by atoms with Crippen LogP contribution in [0.3, 0.4) is 0 Å². The summed E-state index contributed by atoms with van der Waals surface area (Å²) >= 11 is -2.87. The third kappa shape index (κ3) is 5.35. The second-order valence-corrected chi connectivity index (χ2v) is 27.7. The Morgan fingerprint density at radius 3 is 1.54 bits per heavy atom.